The fourth-order valence-electron chi connectivity index (χ4n) is 2.12. The fraction of sp³-hybridized carbons (Fsp3) is 0.750. The Hall–Kier alpha value is -1.56. The number of guanidine groups is 1. The Morgan fingerprint density at radius 1 is 1.32 bits per heavy atom. The summed E-state index contributed by atoms with van der Waals surface area (Å²) in [5.41, 5.74) is 2.28. The molecule has 0 saturated carbocycles. The van der Waals surface area contributed by atoms with E-state index in [4.69, 9.17) is 4.74 Å². The van der Waals surface area contributed by atoms with Crippen LogP contribution < -0.4 is 10.6 Å². The SMILES string of the molecule is CN=C(NCCCn1nc(C)cc1C)NCCOCC(C)C. The van der Waals surface area contributed by atoms with E-state index in [1.807, 2.05) is 11.6 Å². The number of hydrogen-bond acceptors (Lipinski definition) is 3. The first-order valence-electron chi connectivity index (χ1n) is 8.06. The molecule has 0 atom stereocenters. The molecule has 6 nitrogen and oxygen atoms in total. The second kappa shape index (κ2) is 10.2. The molecule has 0 unspecified atom stereocenters. The van der Waals surface area contributed by atoms with Crippen molar-refractivity contribution in [3.63, 3.8) is 0 Å². The molecule has 0 fully saturated rings. The van der Waals surface area contributed by atoms with Gasteiger partial charge in [-0.3, -0.25) is 9.67 Å². The van der Waals surface area contributed by atoms with Crippen LogP contribution in [0.2, 0.25) is 0 Å². The van der Waals surface area contributed by atoms with Crippen LogP contribution in [0.5, 0.6) is 0 Å². The van der Waals surface area contributed by atoms with Crippen LogP contribution in [0.1, 0.15) is 31.7 Å². The zero-order valence-electron chi connectivity index (χ0n) is 14.6. The van der Waals surface area contributed by atoms with Gasteiger partial charge < -0.3 is 15.4 Å². The second-order valence-corrected chi connectivity index (χ2v) is 5.90. The van der Waals surface area contributed by atoms with Gasteiger partial charge in [0.25, 0.3) is 0 Å². The Kier molecular flexibility index (Phi) is 8.58. The maximum Gasteiger partial charge on any atom is 0.191 e. The highest BCUT2D eigenvalue weighted by molar-refractivity contribution is 5.79. The molecule has 126 valence electrons. The van der Waals surface area contributed by atoms with Gasteiger partial charge >= 0.3 is 0 Å². The summed E-state index contributed by atoms with van der Waals surface area (Å²) in [7, 11) is 1.78. The van der Waals surface area contributed by atoms with Crippen molar-refractivity contribution in [1.29, 1.82) is 0 Å². The van der Waals surface area contributed by atoms with Crippen molar-refractivity contribution < 1.29 is 4.74 Å². The van der Waals surface area contributed by atoms with Crippen molar-refractivity contribution in [1.82, 2.24) is 20.4 Å². The lowest BCUT2D eigenvalue weighted by Gasteiger charge is -2.13. The molecule has 1 aromatic rings. The maximum absolute atomic E-state index is 5.53. The quantitative estimate of drug-likeness (QED) is 0.414. The van der Waals surface area contributed by atoms with Crippen LogP contribution in [0, 0.1) is 19.8 Å². The van der Waals surface area contributed by atoms with Gasteiger partial charge in [0.15, 0.2) is 5.96 Å². The zero-order chi connectivity index (χ0) is 16.4. The van der Waals surface area contributed by atoms with Gasteiger partial charge in [0.2, 0.25) is 0 Å². The van der Waals surface area contributed by atoms with Gasteiger partial charge in [0, 0.05) is 39.0 Å². The summed E-state index contributed by atoms with van der Waals surface area (Å²) < 4.78 is 7.58. The van der Waals surface area contributed by atoms with Gasteiger partial charge in [0.05, 0.1) is 12.3 Å². The minimum Gasteiger partial charge on any atom is -0.379 e. The number of rotatable bonds is 9. The Balaban J connectivity index is 2.12. The van der Waals surface area contributed by atoms with Gasteiger partial charge in [0.1, 0.15) is 0 Å². The van der Waals surface area contributed by atoms with Crippen molar-refractivity contribution in [2.45, 2.75) is 40.7 Å². The first-order chi connectivity index (χ1) is 10.5. The molecule has 6 heteroatoms. The minimum atomic E-state index is 0.576. The average Bonchev–Trinajstić information content (AvgIpc) is 2.78. The molecule has 0 bridgehead atoms. The number of nitrogens with one attached hydrogen (secondary N) is 2. The lowest BCUT2D eigenvalue weighted by atomic mass is 10.2. The summed E-state index contributed by atoms with van der Waals surface area (Å²) in [5.74, 6) is 1.40. The first kappa shape index (κ1) is 18.5. The van der Waals surface area contributed by atoms with Crippen LogP contribution in [0.4, 0.5) is 0 Å². The standard InChI is InChI=1S/C16H31N5O/c1-13(2)12-22-10-8-19-16(17-5)18-7-6-9-21-15(4)11-14(3)20-21/h11,13H,6-10,12H2,1-5H3,(H2,17,18,19). The summed E-state index contributed by atoms with van der Waals surface area (Å²) in [6.45, 7) is 12.5. The van der Waals surface area contributed by atoms with Crippen molar-refractivity contribution >= 4 is 5.96 Å². The number of aromatic nitrogens is 2. The largest absolute Gasteiger partial charge is 0.379 e. The Bertz CT molecular complexity index is 453. The van der Waals surface area contributed by atoms with Crippen molar-refractivity contribution in [3.05, 3.63) is 17.5 Å². The number of nitrogens with zero attached hydrogens (tertiary/aromatic N) is 3. The van der Waals surface area contributed by atoms with E-state index in [0.29, 0.717) is 12.5 Å². The number of aliphatic imine (C=N–C) groups is 1. The summed E-state index contributed by atoms with van der Waals surface area (Å²) in [4.78, 5) is 4.20. The number of hydrogen-bond donors (Lipinski definition) is 2. The molecule has 0 aliphatic carbocycles. The lowest BCUT2D eigenvalue weighted by molar-refractivity contribution is 0.114. The van der Waals surface area contributed by atoms with E-state index in [0.717, 1.165) is 44.3 Å². The van der Waals surface area contributed by atoms with E-state index in [1.54, 1.807) is 7.05 Å². The van der Waals surface area contributed by atoms with E-state index in [2.05, 4.69) is 47.6 Å². The lowest BCUT2D eigenvalue weighted by Crippen LogP contribution is -2.39. The van der Waals surface area contributed by atoms with E-state index in [-0.39, 0.29) is 0 Å². The third-order valence-electron chi connectivity index (χ3n) is 3.16. The van der Waals surface area contributed by atoms with Crippen LogP contribution >= 0.6 is 0 Å². The number of ether oxygens (including phenoxy) is 1. The molecule has 1 heterocycles. The summed E-state index contributed by atoms with van der Waals surface area (Å²) in [6.07, 6.45) is 1.01. The van der Waals surface area contributed by atoms with Gasteiger partial charge in [-0.25, -0.2) is 0 Å². The second-order valence-electron chi connectivity index (χ2n) is 5.90. The highest BCUT2D eigenvalue weighted by Gasteiger charge is 2.01. The van der Waals surface area contributed by atoms with Gasteiger partial charge in [-0.1, -0.05) is 13.8 Å². The van der Waals surface area contributed by atoms with Gasteiger partial charge in [-0.2, -0.15) is 5.10 Å². The topological polar surface area (TPSA) is 63.5 Å². The van der Waals surface area contributed by atoms with Crippen LogP contribution in [-0.2, 0) is 11.3 Å². The van der Waals surface area contributed by atoms with Crippen LogP contribution in [0.3, 0.4) is 0 Å². The van der Waals surface area contributed by atoms with Crippen molar-refractivity contribution in [3.8, 4) is 0 Å². The molecule has 0 spiro atoms. The fourth-order valence-corrected chi connectivity index (χ4v) is 2.12. The molecular formula is C16H31N5O. The van der Waals surface area contributed by atoms with Crippen molar-refractivity contribution in [2.24, 2.45) is 10.9 Å². The highest BCUT2D eigenvalue weighted by Crippen LogP contribution is 2.02. The third kappa shape index (κ3) is 7.45. The average molecular weight is 309 g/mol. The van der Waals surface area contributed by atoms with Gasteiger partial charge in [-0.15, -0.1) is 0 Å². The molecule has 0 aliphatic rings. The summed E-state index contributed by atoms with van der Waals surface area (Å²) >= 11 is 0. The molecule has 0 aliphatic heterocycles. The molecule has 2 N–H and O–H groups in total. The van der Waals surface area contributed by atoms with Crippen molar-refractivity contribution in [2.75, 3.05) is 33.4 Å². The van der Waals surface area contributed by atoms with Crippen LogP contribution in [0.25, 0.3) is 0 Å². The molecule has 22 heavy (non-hydrogen) atoms. The Morgan fingerprint density at radius 2 is 2.05 bits per heavy atom. The molecule has 1 rings (SSSR count). The van der Waals surface area contributed by atoms with Gasteiger partial charge in [-0.05, 0) is 32.3 Å². The minimum absolute atomic E-state index is 0.576. The Morgan fingerprint density at radius 3 is 2.64 bits per heavy atom. The molecule has 1 aromatic heterocycles. The molecule has 0 amide bonds. The highest BCUT2D eigenvalue weighted by atomic mass is 16.5. The number of aryl methyl sites for hydroxylation is 3. The first-order valence-corrected chi connectivity index (χ1v) is 8.06. The molecular weight excluding hydrogens is 278 g/mol. The smallest absolute Gasteiger partial charge is 0.191 e. The zero-order valence-corrected chi connectivity index (χ0v) is 14.6. The predicted octanol–water partition coefficient (Wildman–Crippen LogP) is 1.73. The van der Waals surface area contributed by atoms with E-state index >= 15 is 0 Å². The van der Waals surface area contributed by atoms with E-state index in [9.17, 15) is 0 Å². The molecule has 0 saturated heterocycles. The van der Waals surface area contributed by atoms with Crippen LogP contribution in [-0.4, -0.2) is 49.1 Å². The molecule has 0 aromatic carbocycles. The third-order valence-corrected chi connectivity index (χ3v) is 3.16. The van der Waals surface area contributed by atoms with E-state index < -0.39 is 0 Å². The summed E-state index contributed by atoms with van der Waals surface area (Å²) in [5, 5.41) is 11.0. The monoisotopic (exact) mass is 309 g/mol. The summed E-state index contributed by atoms with van der Waals surface area (Å²) in [6, 6.07) is 2.10. The normalized spacial score (nSPS) is 12.0. The van der Waals surface area contributed by atoms with Crippen LogP contribution in [0.15, 0.2) is 11.1 Å². The van der Waals surface area contributed by atoms with E-state index in [1.165, 1.54) is 5.69 Å². The predicted molar refractivity (Wildman–Crippen MR) is 91.3 cm³/mol. The Labute approximate surface area is 134 Å². The molecule has 0 radical (unpaired) electrons. The maximum atomic E-state index is 5.53.